The lowest BCUT2D eigenvalue weighted by Gasteiger charge is -2.24. The first-order chi connectivity index (χ1) is 10.6. The second-order valence-electron chi connectivity index (χ2n) is 5.13. The number of methoxy groups -OCH3 is 1. The number of anilines is 1. The van der Waals surface area contributed by atoms with Crippen LogP contribution in [0.2, 0.25) is 0 Å². The van der Waals surface area contributed by atoms with Crippen LogP contribution < -0.4 is 9.64 Å². The molecule has 0 bridgehead atoms. The van der Waals surface area contributed by atoms with E-state index in [-0.39, 0.29) is 6.04 Å². The van der Waals surface area contributed by atoms with Gasteiger partial charge in [-0.15, -0.1) is 0 Å². The van der Waals surface area contributed by atoms with Gasteiger partial charge in [0.2, 0.25) is 11.8 Å². The van der Waals surface area contributed by atoms with Crippen molar-refractivity contribution in [2.45, 2.75) is 18.6 Å². The van der Waals surface area contributed by atoms with Gasteiger partial charge in [-0.1, -0.05) is 6.07 Å². The fourth-order valence-electron chi connectivity index (χ4n) is 2.65. The van der Waals surface area contributed by atoms with E-state index in [1.165, 1.54) is 13.2 Å². The first-order valence-corrected chi connectivity index (χ1v) is 6.85. The Morgan fingerprint density at radius 3 is 2.82 bits per heavy atom. The lowest BCUT2D eigenvalue weighted by Crippen LogP contribution is -2.26. The Labute approximate surface area is 126 Å². The molecule has 1 aromatic heterocycles. The molecule has 1 fully saturated rings. The van der Waals surface area contributed by atoms with E-state index in [0.717, 1.165) is 12.1 Å². The largest absolute Gasteiger partial charge is 0.481 e. The van der Waals surface area contributed by atoms with Crippen LogP contribution in [0, 0.1) is 11.6 Å². The van der Waals surface area contributed by atoms with Crippen molar-refractivity contribution < 1.29 is 18.6 Å². The monoisotopic (exact) mass is 307 g/mol. The highest BCUT2D eigenvalue weighted by Gasteiger charge is 2.34. The fourth-order valence-corrected chi connectivity index (χ4v) is 2.65. The normalized spacial score (nSPS) is 21.2. The minimum absolute atomic E-state index is 0.316. The maximum atomic E-state index is 13.5. The number of aliphatic hydroxyl groups excluding tert-OH is 1. The first-order valence-electron chi connectivity index (χ1n) is 6.85. The average Bonchev–Trinajstić information content (AvgIpc) is 2.92. The van der Waals surface area contributed by atoms with Gasteiger partial charge >= 0.3 is 0 Å². The summed E-state index contributed by atoms with van der Waals surface area (Å²) in [6, 6.07) is 5.03. The summed E-state index contributed by atoms with van der Waals surface area (Å²) in [6.07, 6.45) is 1.35. The Hall–Kier alpha value is -2.28. The highest BCUT2D eigenvalue weighted by atomic mass is 19.2. The van der Waals surface area contributed by atoms with Gasteiger partial charge in [0, 0.05) is 18.8 Å². The Bertz CT molecular complexity index is 684. The lowest BCUT2D eigenvalue weighted by atomic mass is 10.0. The van der Waals surface area contributed by atoms with Gasteiger partial charge in [-0.05, 0) is 24.1 Å². The van der Waals surface area contributed by atoms with Crippen LogP contribution in [-0.4, -0.2) is 34.8 Å². The third-order valence-electron chi connectivity index (χ3n) is 3.69. The summed E-state index contributed by atoms with van der Waals surface area (Å²) < 4.78 is 31.6. The summed E-state index contributed by atoms with van der Waals surface area (Å²) in [5, 5.41) is 9.95. The number of aromatic nitrogens is 2. The highest BCUT2D eigenvalue weighted by molar-refractivity contribution is 5.40. The Morgan fingerprint density at radius 1 is 1.27 bits per heavy atom. The molecule has 1 N–H and O–H groups in total. The van der Waals surface area contributed by atoms with E-state index >= 15 is 0 Å². The molecule has 2 aromatic rings. The van der Waals surface area contributed by atoms with Crippen molar-refractivity contribution in [1.29, 1.82) is 0 Å². The number of hydrogen-bond acceptors (Lipinski definition) is 5. The van der Waals surface area contributed by atoms with E-state index < -0.39 is 17.7 Å². The fraction of sp³-hybridized carbons (Fsp3) is 0.333. The van der Waals surface area contributed by atoms with Crippen molar-refractivity contribution in [2.24, 2.45) is 0 Å². The maximum absolute atomic E-state index is 13.5. The van der Waals surface area contributed by atoms with E-state index in [2.05, 4.69) is 9.97 Å². The standard InChI is InChI=1S/C15H15F2N3O2/c1-22-14-4-5-18-15(19-14)20-8-10(21)7-13(20)9-2-3-11(16)12(17)6-9/h2-6,10,13,21H,7-8H2,1H3/t10-,13-/m1/s1. The molecule has 2 heterocycles. The zero-order valence-electron chi connectivity index (χ0n) is 11.9. The van der Waals surface area contributed by atoms with Gasteiger partial charge in [-0.3, -0.25) is 0 Å². The van der Waals surface area contributed by atoms with Crippen LogP contribution in [-0.2, 0) is 0 Å². The molecule has 1 aliphatic rings. The van der Waals surface area contributed by atoms with Crippen LogP contribution in [0.5, 0.6) is 5.88 Å². The number of aliphatic hydroxyl groups is 1. The molecular weight excluding hydrogens is 292 g/mol. The predicted octanol–water partition coefficient (Wildman–Crippen LogP) is 2.08. The number of halogens is 2. The second-order valence-corrected chi connectivity index (χ2v) is 5.13. The van der Waals surface area contributed by atoms with Crippen molar-refractivity contribution >= 4 is 5.95 Å². The van der Waals surface area contributed by atoms with E-state index in [1.54, 1.807) is 17.2 Å². The summed E-state index contributed by atoms with van der Waals surface area (Å²) in [7, 11) is 1.50. The molecule has 22 heavy (non-hydrogen) atoms. The molecule has 1 aliphatic heterocycles. The average molecular weight is 307 g/mol. The molecule has 7 heteroatoms. The van der Waals surface area contributed by atoms with E-state index in [1.807, 2.05) is 0 Å². The Morgan fingerprint density at radius 2 is 2.09 bits per heavy atom. The van der Waals surface area contributed by atoms with Crippen LogP contribution in [0.25, 0.3) is 0 Å². The Kier molecular flexibility index (Phi) is 3.89. The molecule has 5 nitrogen and oxygen atoms in total. The molecule has 0 saturated carbocycles. The maximum Gasteiger partial charge on any atom is 0.229 e. The van der Waals surface area contributed by atoms with Gasteiger partial charge in [0.1, 0.15) is 0 Å². The molecule has 0 spiro atoms. The Balaban J connectivity index is 1.96. The number of rotatable bonds is 3. The molecule has 0 radical (unpaired) electrons. The summed E-state index contributed by atoms with van der Waals surface area (Å²) in [4.78, 5) is 10.2. The molecule has 0 unspecified atom stereocenters. The van der Waals surface area contributed by atoms with E-state index in [0.29, 0.717) is 30.4 Å². The van der Waals surface area contributed by atoms with Crippen LogP contribution in [0.15, 0.2) is 30.5 Å². The molecule has 1 saturated heterocycles. The predicted molar refractivity (Wildman–Crippen MR) is 75.7 cm³/mol. The van der Waals surface area contributed by atoms with Gasteiger partial charge in [-0.2, -0.15) is 4.98 Å². The second kappa shape index (κ2) is 5.84. The molecule has 0 amide bonds. The topological polar surface area (TPSA) is 58.5 Å². The van der Waals surface area contributed by atoms with Crippen LogP contribution in [0.1, 0.15) is 18.0 Å². The third-order valence-corrected chi connectivity index (χ3v) is 3.69. The minimum Gasteiger partial charge on any atom is -0.481 e. The number of benzene rings is 1. The molecule has 3 rings (SSSR count). The van der Waals surface area contributed by atoms with Crippen molar-refractivity contribution in [3.63, 3.8) is 0 Å². The molecule has 2 atom stereocenters. The molecule has 0 aliphatic carbocycles. The SMILES string of the molecule is COc1ccnc(N2C[C@H](O)C[C@@H]2c2ccc(F)c(F)c2)n1. The van der Waals surface area contributed by atoms with Crippen molar-refractivity contribution in [3.05, 3.63) is 47.7 Å². The van der Waals surface area contributed by atoms with Gasteiger partial charge in [-0.25, -0.2) is 13.8 Å². The van der Waals surface area contributed by atoms with Crippen molar-refractivity contribution in [2.75, 3.05) is 18.6 Å². The molecular formula is C15H15F2N3O2. The number of hydrogen-bond donors (Lipinski definition) is 1. The quantitative estimate of drug-likeness (QED) is 0.941. The van der Waals surface area contributed by atoms with Crippen LogP contribution in [0.3, 0.4) is 0 Å². The summed E-state index contributed by atoms with van der Waals surface area (Å²) >= 11 is 0. The zero-order valence-corrected chi connectivity index (χ0v) is 11.9. The van der Waals surface area contributed by atoms with Crippen LogP contribution in [0.4, 0.5) is 14.7 Å². The molecule has 1 aromatic carbocycles. The van der Waals surface area contributed by atoms with Crippen molar-refractivity contribution in [1.82, 2.24) is 9.97 Å². The highest BCUT2D eigenvalue weighted by Crippen LogP contribution is 2.35. The van der Waals surface area contributed by atoms with Gasteiger partial charge in [0.05, 0.1) is 19.3 Å². The smallest absolute Gasteiger partial charge is 0.229 e. The van der Waals surface area contributed by atoms with Crippen LogP contribution >= 0.6 is 0 Å². The van der Waals surface area contributed by atoms with Gasteiger partial charge in [0.25, 0.3) is 0 Å². The van der Waals surface area contributed by atoms with Crippen molar-refractivity contribution in [3.8, 4) is 5.88 Å². The lowest BCUT2D eigenvalue weighted by molar-refractivity contribution is 0.194. The first kappa shape index (κ1) is 14.6. The van der Waals surface area contributed by atoms with E-state index in [4.69, 9.17) is 4.74 Å². The number of ether oxygens (including phenoxy) is 1. The summed E-state index contributed by atoms with van der Waals surface area (Å²) in [6.45, 7) is 0.316. The number of β-amino-alcohol motifs (C(OH)–C–C–N with tert-alkyl or cyclic N) is 1. The van der Waals surface area contributed by atoms with Gasteiger partial charge in [0.15, 0.2) is 11.6 Å². The van der Waals surface area contributed by atoms with E-state index in [9.17, 15) is 13.9 Å². The summed E-state index contributed by atoms with van der Waals surface area (Å²) in [5.41, 5.74) is 0.571. The minimum atomic E-state index is -0.912. The summed E-state index contributed by atoms with van der Waals surface area (Å²) in [5.74, 6) is -1.03. The van der Waals surface area contributed by atoms with Gasteiger partial charge < -0.3 is 14.7 Å². The number of nitrogens with zero attached hydrogens (tertiary/aromatic N) is 3. The third kappa shape index (κ3) is 2.71. The zero-order chi connectivity index (χ0) is 15.7. The molecule has 116 valence electrons.